The number of rotatable bonds is 4. The molecule has 5 heteroatoms. The Balaban J connectivity index is 2.00. The summed E-state index contributed by atoms with van der Waals surface area (Å²) in [6, 6.07) is 0. The zero-order valence-electron chi connectivity index (χ0n) is 9.39. The first kappa shape index (κ1) is 11.7. The molecule has 1 fully saturated rings. The summed E-state index contributed by atoms with van der Waals surface area (Å²) in [4.78, 5) is 17.2. The Morgan fingerprint density at radius 2 is 2.62 bits per heavy atom. The summed E-state index contributed by atoms with van der Waals surface area (Å²) < 4.78 is 5.69. The standard InChI is InChI=1S/C11H16N2O2S/c1-2-3-13-4-5-15-10(6-13)11-12-9(7-14)8-16-11/h7-8,10H,2-6H2,1H3. The second-order valence-corrected chi connectivity index (χ2v) is 4.78. The van der Waals surface area contributed by atoms with Crippen LogP contribution in [0.5, 0.6) is 0 Å². The van der Waals surface area contributed by atoms with Crippen LogP contribution in [0.15, 0.2) is 5.38 Å². The summed E-state index contributed by atoms with van der Waals surface area (Å²) in [7, 11) is 0. The first-order valence-electron chi connectivity index (χ1n) is 5.58. The molecular formula is C11H16N2O2S. The Morgan fingerprint density at radius 1 is 1.75 bits per heavy atom. The van der Waals surface area contributed by atoms with Crippen LogP contribution >= 0.6 is 11.3 Å². The van der Waals surface area contributed by atoms with Crippen LogP contribution in [0.25, 0.3) is 0 Å². The van der Waals surface area contributed by atoms with Crippen molar-refractivity contribution in [2.24, 2.45) is 0 Å². The number of hydrogen-bond donors (Lipinski definition) is 0. The summed E-state index contributed by atoms with van der Waals surface area (Å²) >= 11 is 1.51. The Hall–Kier alpha value is -0.780. The lowest BCUT2D eigenvalue weighted by Gasteiger charge is -2.31. The van der Waals surface area contributed by atoms with Gasteiger partial charge in [-0.1, -0.05) is 6.92 Å². The molecule has 0 aromatic carbocycles. The first-order valence-corrected chi connectivity index (χ1v) is 6.46. The number of thiazole rings is 1. The summed E-state index contributed by atoms with van der Waals surface area (Å²) in [6.07, 6.45) is 1.98. The van der Waals surface area contributed by atoms with Crippen LogP contribution in [0, 0.1) is 0 Å². The fourth-order valence-electron chi connectivity index (χ4n) is 1.87. The van der Waals surface area contributed by atoms with E-state index in [1.165, 1.54) is 11.3 Å². The van der Waals surface area contributed by atoms with E-state index in [9.17, 15) is 4.79 Å². The Bertz CT molecular complexity index is 352. The predicted octanol–water partition coefficient (Wildman–Crippen LogP) is 1.74. The molecule has 1 aromatic heterocycles. The molecule has 0 aliphatic carbocycles. The molecule has 0 saturated carbocycles. The van der Waals surface area contributed by atoms with Crippen molar-refractivity contribution in [3.8, 4) is 0 Å². The number of morpholine rings is 1. The molecule has 1 aliphatic rings. The highest BCUT2D eigenvalue weighted by Gasteiger charge is 2.23. The minimum absolute atomic E-state index is 0.0407. The molecule has 1 aliphatic heterocycles. The van der Waals surface area contributed by atoms with Gasteiger partial charge in [-0.05, 0) is 13.0 Å². The van der Waals surface area contributed by atoms with Crippen molar-refractivity contribution in [2.45, 2.75) is 19.4 Å². The van der Waals surface area contributed by atoms with Gasteiger partial charge < -0.3 is 4.74 Å². The van der Waals surface area contributed by atoms with Crippen molar-refractivity contribution >= 4 is 17.6 Å². The van der Waals surface area contributed by atoms with Gasteiger partial charge in [0.05, 0.1) is 6.61 Å². The van der Waals surface area contributed by atoms with E-state index >= 15 is 0 Å². The molecule has 2 heterocycles. The molecule has 16 heavy (non-hydrogen) atoms. The molecule has 0 spiro atoms. The summed E-state index contributed by atoms with van der Waals surface area (Å²) in [5.41, 5.74) is 0.510. The predicted molar refractivity (Wildman–Crippen MR) is 62.9 cm³/mol. The largest absolute Gasteiger partial charge is 0.368 e. The van der Waals surface area contributed by atoms with Crippen molar-refractivity contribution < 1.29 is 9.53 Å². The quantitative estimate of drug-likeness (QED) is 0.752. The molecule has 4 nitrogen and oxygen atoms in total. The zero-order valence-corrected chi connectivity index (χ0v) is 10.2. The second kappa shape index (κ2) is 5.52. The topological polar surface area (TPSA) is 42.4 Å². The number of hydrogen-bond acceptors (Lipinski definition) is 5. The van der Waals surface area contributed by atoms with Gasteiger partial charge in [-0.15, -0.1) is 11.3 Å². The van der Waals surface area contributed by atoms with E-state index in [1.807, 2.05) is 0 Å². The molecule has 1 atom stereocenters. The number of ether oxygens (including phenoxy) is 1. The Kier molecular flexibility index (Phi) is 4.04. The van der Waals surface area contributed by atoms with Gasteiger partial charge in [0.1, 0.15) is 16.8 Å². The van der Waals surface area contributed by atoms with Crippen LogP contribution in [0.1, 0.15) is 34.9 Å². The summed E-state index contributed by atoms with van der Waals surface area (Å²) in [6.45, 7) is 5.92. The SMILES string of the molecule is CCCN1CCOC(c2nc(C=O)cs2)C1. The van der Waals surface area contributed by atoms with Crippen molar-refractivity contribution in [2.75, 3.05) is 26.2 Å². The highest BCUT2D eigenvalue weighted by molar-refractivity contribution is 7.09. The van der Waals surface area contributed by atoms with Gasteiger partial charge in [0, 0.05) is 18.5 Å². The molecule has 88 valence electrons. The minimum atomic E-state index is 0.0407. The van der Waals surface area contributed by atoms with Gasteiger partial charge >= 0.3 is 0 Å². The number of aromatic nitrogens is 1. The minimum Gasteiger partial charge on any atom is -0.368 e. The van der Waals surface area contributed by atoms with Crippen LogP contribution in [-0.2, 0) is 4.74 Å². The Labute approximate surface area is 99.2 Å². The van der Waals surface area contributed by atoms with Gasteiger partial charge in [0.25, 0.3) is 0 Å². The third-order valence-electron chi connectivity index (χ3n) is 2.63. The van der Waals surface area contributed by atoms with Crippen molar-refractivity contribution in [3.63, 3.8) is 0 Å². The van der Waals surface area contributed by atoms with E-state index in [-0.39, 0.29) is 6.10 Å². The third kappa shape index (κ3) is 2.66. The average molecular weight is 240 g/mol. The smallest absolute Gasteiger partial charge is 0.169 e. The lowest BCUT2D eigenvalue weighted by Crippen LogP contribution is -2.38. The molecule has 1 unspecified atom stereocenters. The maximum Gasteiger partial charge on any atom is 0.169 e. The monoisotopic (exact) mass is 240 g/mol. The number of aldehydes is 1. The maximum absolute atomic E-state index is 10.6. The highest BCUT2D eigenvalue weighted by atomic mass is 32.1. The summed E-state index contributed by atoms with van der Waals surface area (Å²) in [5.74, 6) is 0. The van der Waals surface area contributed by atoms with Gasteiger partial charge in [-0.25, -0.2) is 4.98 Å². The third-order valence-corrected chi connectivity index (χ3v) is 3.58. The van der Waals surface area contributed by atoms with Crippen LogP contribution < -0.4 is 0 Å². The molecule has 0 radical (unpaired) electrons. The molecule has 1 aromatic rings. The average Bonchev–Trinajstić information content (AvgIpc) is 2.78. The van der Waals surface area contributed by atoms with Crippen LogP contribution in [0.3, 0.4) is 0 Å². The number of carbonyl (C=O) groups is 1. The lowest BCUT2D eigenvalue weighted by molar-refractivity contribution is -0.0299. The fraction of sp³-hybridized carbons (Fsp3) is 0.636. The van der Waals surface area contributed by atoms with Gasteiger partial charge in [-0.2, -0.15) is 0 Å². The van der Waals surface area contributed by atoms with Gasteiger partial charge in [0.15, 0.2) is 6.29 Å². The van der Waals surface area contributed by atoms with Gasteiger partial charge in [0.2, 0.25) is 0 Å². The maximum atomic E-state index is 10.6. The number of nitrogens with zero attached hydrogens (tertiary/aromatic N) is 2. The van der Waals surface area contributed by atoms with E-state index in [0.29, 0.717) is 5.69 Å². The lowest BCUT2D eigenvalue weighted by atomic mass is 10.2. The normalized spacial score (nSPS) is 22.2. The van der Waals surface area contributed by atoms with Crippen LogP contribution in [0.2, 0.25) is 0 Å². The van der Waals surface area contributed by atoms with Crippen LogP contribution in [-0.4, -0.2) is 42.4 Å². The summed E-state index contributed by atoms with van der Waals surface area (Å²) in [5, 5.41) is 2.70. The van der Waals surface area contributed by atoms with E-state index < -0.39 is 0 Å². The molecule has 0 bridgehead atoms. The van der Waals surface area contributed by atoms with E-state index in [2.05, 4.69) is 16.8 Å². The van der Waals surface area contributed by atoms with E-state index in [1.54, 1.807) is 5.38 Å². The molecular weight excluding hydrogens is 224 g/mol. The Morgan fingerprint density at radius 3 is 3.31 bits per heavy atom. The van der Waals surface area contributed by atoms with Crippen LogP contribution in [0.4, 0.5) is 0 Å². The fourth-order valence-corrected chi connectivity index (χ4v) is 2.68. The second-order valence-electron chi connectivity index (χ2n) is 3.89. The van der Waals surface area contributed by atoms with Crippen molar-refractivity contribution in [3.05, 3.63) is 16.1 Å². The van der Waals surface area contributed by atoms with E-state index in [4.69, 9.17) is 4.74 Å². The molecule has 1 saturated heterocycles. The van der Waals surface area contributed by atoms with Crippen molar-refractivity contribution in [1.82, 2.24) is 9.88 Å². The zero-order chi connectivity index (χ0) is 11.4. The number of carbonyl (C=O) groups excluding carboxylic acids is 1. The van der Waals surface area contributed by atoms with Crippen molar-refractivity contribution in [1.29, 1.82) is 0 Å². The van der Waals surface area contributed by atoms with E-state index in [0.717, 1.165) is 44.0 Å². The first-order chi connectivity index (χ1) is 7.83. The van der Waals surface area contributed by atoms with Gasteiger partial charge in [-0.3, -0.25) is 9.69 Å². The molecule has 2 rings (SSSR count). The highest BCUT2D eigenvalue weighted by Crippen LogP contribution is 2.24. The molecule has 0 amide bonds. The molecule has 0 N–H and O–H groups in total.